The number of benzene rings is 1. The van der Waals surface area contributed by atoms with Crippen LogP contribution >= 0.6 is 0 Å². The van der Waals surface area contributed by atoms with Gasteiger partial charge in [-0.1, -0.05) is 12.1 Å². The summed E-state index contributed by atoms with van der Waals surface area (Å²) < 4.78 is 5.74. The van der Waals surface area contributed by atoms with E-state index in [4.69, 9.17) is 10.5 Å². The lowest BCUT2D eigenvalue weighted by Gasteiger charge is -2.27. The highest BCUT2D eigenvalue weighted by atomic mass is 16.5. The lowest BCUT2D eigenvalue weighted by molar-refractivity contribution is 0.0512. The molecule has 3 rings (SSSR count). The Morgan fingerprint density at radius 1 is 1.26 bits per heavy atom. The minimum Gasteiger partial charge on any atom is -0.382 e. The molecule has 1 aliphatic heterocycles. The molecule has 1 atom stereocenters. The normalized spacial score (nSPS) is 16.6. The summed E-state index contributed by atoms with van der Waals surface area (Å²) in [6, 6.07) is 7.49. The summed E-state index contributed by atoms with van der Waals surface area (Å²) in [6.07, 6.45) is 5.33. The zero-order chi connectivity index (χ0) is 19.2. The van der Waals surface area contributed by atoms with Gasteiger partial charge in [-0.05, 0) is 39.1 Å². The van der Waals surface area contributed by atoms with Crippen molar-refractivity contribution in [2.75, 3.05) is 46.1 Å². The number of anilines is 1. The molecule has 1 aromatic carbocycles. The molecular formula is C20H27N5O2. The predicted molar refractivity (Wildman–Crippen MR) is 105 cm³/mol. The second-order valence-electron chi connectivity index (χ2n) is 7.10. The quantitative estimate of drug-likeness (QED) is 0.802. The van der Waals surface area contributed by atoms with Crippen LogP contribution in [-0.4, -0.2) is 72.1 Å². The van der Waals surface area contributed by atoms with E-state index in [1.165, 1.54) is 6.20 Å². The number of likely N-dealkylation sites (N-methyl/N-ethyl adjacent to an activating group) is 1. The molecule has 0 spiro atoms. The van der Waals surface area contributed by atoms with Crippen LogP contribution in [-0.2, 0) is 4.74 Å². The summed E-state index contributed by atoms with van der Waals surface area (Å²) in [6.45, 7) is 2.88. The molecule has 1 saturated heterocycles. The zero-order valence-electron chi connectivity index (χ0n) is 16.0. The molecule has 0 aliphatic carbocycles. The standard InChI is InChI=1S/C20H27N5O2/c1-24(2)8-9-25(14-17-7-4-10-27-17)20(26)16-6-3-5-15(11-16)18-12-23-19(21)13-22-18/h3,5-6,11-13,17H,4,7-10,14H2,1-2H3,(H2,21,23)/t17-/m0/s1. The summed E-state index contributed by atoms with van der Waals surface area (Å²) in [4.78, 5) is 25.5. The average molecular weight is 369 g/mol. The lowest BCUT2D eigenvalue weighted by atomic mass is 10.1. The molecule has 7 heteroatoms. The largest absolute Gasteiger partial charge is 0.382 e. The maximum atomic E-state index is 13.2. The molecule has 1 aromatic heterocycles. The molecule has 7 nitrogen and oxygen atoms in total. The van der Waals surface area contributed by atoms with Gasteiger partial charge in [0.05, 0.1) is 24.2 Å². The molecule has 0 unspecified atom stereocenters. The second kappa shape index (κ2) is 8.92. The van der Waals surface area contributed by atoms with Gasteiger partial charge in [-0.3, -0.25) is 9.78 Å². The summed E-state index contributed by atoms with van der Waals surface area (Å²) in [5.74, 6) is 0.384. The van der Waals surface area contributed by atoms with Crippen LogP contribution < -0.4 is 5.73 Å². The maximum Gasteiger partial charge on any atom is 0.254 e. The molecule has 0 radical (unpaired) electrons. The molecule has 2 N–H and O–H groups in total. The number of rotatable bonds is 7. The first-order valence-corrected chi connectivity index (χ1v) is 9.26. The molecular weight excluding hydrogens is 342 g/mol. The fourth-order valence-electron chi connectivity index (χ4n) is 3.11. The van der Waals surface area contributed by atoms with Crippen molar-refractivity contribution in [3.8, 4) is 11.3 Å². The third-order valence-electron chi connectivity index (χ3n) is 4.63. The van der Waals surface area contributed by atoms with Crippen LogP contribution in [0.2, 0.25) is 0 Å². The molecule has 144 valence electrons. The van der Waals surface area contributed by atoms with Crippen molar-refractivity contribution >= 4 is 11.7 Å². The Labute approximate surface area is 160 Å². The van der Waals surface area contributed by atoms with E-state index < -0.39 is 0 Å². The predicted octanol–water partition coefficient (Wildman–Crippen LogP) is 1.91. The van der Waals surface area contributed by atoms with Crippen LogP contribution in [0.4, 0.5) is 5.82 Å². The van der Waals surface area contributed by atoms with Crippen molar-refractivity contribution in [1.82, 2.24) is 19.8 Å². The van der Waals surface area contributed by atoms with E-state index in [2.05, 4.69) is 14.9 Å². The molecule has 1 fully saturated rings. The van der Waals surface area contributed by atoms with E-state index in [-0.39, 0.29) is 12.0 Å². The highest BCUT2D eigenvalue weighted by molar-refractivity contribution is 5.95. The van der Waals surface area contributed by atoms with Crippen molar-refractivity contribution in [1.29, 1.82) is 0 Å². The Balaban J connectivity index is 1.79. The van der Waals surface area contributed by atoms with Gasteiger partial charge in [0.2, 0.25) is 0 Å². The number of carbonyl (C=O) groups is 1. The molecule has 0 saturated carbocycles. The summed E-state index contributed by atoms with van der Waals surface area (Å²) in [7, 11) is 4.02. The van der Waals surface area contributed by atoms with Gasteiger partial charge < -0.3 is 20.3 Å². The van der Waals surface area contributed by atoms with Gasteiger partial charge in [-0.15, -0.1) is 0 Å². The van der Waals surface area contributed by atoms with Crippen LogP contribution in [0, 0.1) is 0 Å². The van der Waals surface area contributed by atoms with Crippen LogP contribution in [0.25, 0.3) is 11.3 Å². The van der Waals surface area contributed by atoms with E-state index in [0.29, 0.717) is 30.2 Å². The SMILES string of the molecule is CN(C)CCN(C[C@@H]1CCCO1)C(=O)c1cccc(-c2cnc(N)cn2)c1. The third kappa shape index (κ3) is 5.24. The van der Waals surface area contributed by atoms with E-state index >= 15 is 0 Å². The topological polar surface area (TPSA) is 84.6 Å². The number of hydrogen-bond donors (Lipinski definition) is 1. The number of hydrogen-bond acceptors (Lipinski definition) is 6. The average Bonchev–Trinajstić information content (AvgIpc) is 3.18. The first-order chi connectivity index (χ1) is 13.0. The Kier molecular flexibility index (Phi) is 6.36. The van der Waals surface area contributed by atoms with Gasteiger partial charge in [0.25, 0.3) is 5.91 Å². The number of nitrogens with two attached hydrogens (primary N) is 1. The third-order valence-corrected chi connectivity index (χ3v) is 4.63. The Hall–Kier alpha value is -2.51. The number of aromatic nitrogens is 2. The van der Waals surface area contributed by atoms with Crippen LogP contribution in [0.5, 0.6) is 0 Å². The Morgan fingerprint density at radius 2 is 2.11 bits per heavy atom. The van der Waals surface area contributed by atoms with Gasteiger partial charge in [-0.25, -0.2) is 4.98 Å². The highest BCUT2D eigenvalue weighted by Gasteiger charge is 2.23. The molecule has 1 amide bonds. The smallest absolute Gasteiger partial charge is 0.254 e. The number of nitrogens with zero attached hydrogens (tertiary/aromatic N) is 4. The van der Waals surface area contributed by atoms with Gasteiger partial charge in [-0.2, -0.15) is 0 Å². The van der Waals surface area contributed by atoms with E-state index in [0.717, 1.165) is 31.6 Å². The number of ether oxygens (including phenoxy) is 1. The molecule has 2 heterocycles. The maximum absolute atomic E-state index is 13.2. The summed E-state index contributed by atoms with van der Waals surface area (Å²) in [5, 5.41) is 0. The number of carbonyl (C=O) groups excluding carboxylic acids is 1. The van der Waals surface area contributed by atoms with Crippen molar-refractivity contribution < 1.29 is 9.53 Å². The Morgan fingerprint density at radius 3 is 2.78 bits per heavy atom. The first-order valence-electron chi connectivity index (χ1n) is 9.26. The minimum absolute atomic E-state index is 0.0117. The molecule has 1 aliphatic rings. The zero-order valence-corrected chi connectivity index (χ0v) is 16.0. The van der Waals surface area contributed by atoms with Gasteiger partial charge in [0, 0.05) is 37.4 Å². The minimum atomic E-state index is 0.0117. The van der Waals surface area contributed by atoms with Crippen molar-refractivity contribution in [3.05, 3.63) is 42.2 Å². The summed E-state index contributed by atoms with van der Waals surface area (Å²) in [5.41, 5.74) is 7.79. The fourth-order valence-corrected chi connectivity index (χ4v) is 3.11. The fraction of sp³-hybridized carbons (Fsp3) is 0.450. The van der Waals surface area contributed by atoms with E-state index in [1.54, 1.807) is 6.20 Å². The lowest BCUT2D eigenvalue weighted by Crippen LogP contribution is -2.41. The van der Waals surface area contributed by atoms with Gasteiger partial charge in [0.1, 0.15) is 5.82 Å². The summed E-state index contributed by atoms with van der Waals surface area (Å²) >= 11 is 0. The van der Waals surface area contributed by atoms with Crippen molar-refractivity contribution in [2.24, 2.45) is 0 Å². The molecule has 0 bridgehead atoms. The molecule has 2 aromatic rings. The van der Waals surface area contributed by atoms with Crippen LogP contribution in [0.3, 0.4) is 0 Å². The van der Waals surface area contributed by atoms with E-state index in [9.17, 15) is 4.79 Å². The number of nitrogen functional groups attached to an aromatic ring is 1. The van der Waals surface area contributed by atoms with Gasteiger partial charge >= 0.3 is 0 Å². The highest BCUT2D eigenvalue weighted by Crippen LogP contribution is 2.20. The van der Waals surface area contributed by atoms with Gasteiger partial charge in [0.15, 0.2) is 0 Å². The van der Waals surface area contributed by atoms with E-state index in [1.807, 2.05) is 43.3 Å². The molecule has 27 heavy (non-hydrogen) atoms. The Bertz CT molecular complexity index is 757. The van der Waals surface area contributed by atoms with Crippen LogP contribution in [0.15, 0.2) is 36.7 Å². The monoisotopic (exact) mass is 369 g/mol. The second-order valence-corrected chi connectivity index (χ2v) is 7.10. The van der Waals surface area contributed by atoms with Crippen molar-refractivity contribution in [2.45, 2.75) is 18.9 Å². The van der Waals surface area contributed by atoms with Crippen LogP contribution in [0.1, 0.15) is 23.2 Å². The number of amides is 1. The first kappa shape index (κ1) is 19.3. The van der Waals surface area contributed by atoms with Crippen molar-refractivity contribution in [3.63, 3.8) is 0 Å².